The fourth-order valence-corrected chi connectivity index (χ4v) is 4.77. The normalized spacial score (nSPS) is 18.4. The van der Waals surface area contributed by atoms with Gasteiger partial charge in [-0.2, -0.15) is 0 Å². The monoisotopic (exact) mass is 355 g/mol. The lowest BCUT2D eigenvalue weighted by Gasteiger charge is -2.26. The van der Waals surface area contributed by atoms with E-state index in [-0.39, 0.29) is 15.3 Å². The van der Waals surface area contributed by atoms with Gasteiger partial charge in [-0.3, -0.25) is 0 Å². The van der Waals surface area contributed by atoms with Crippen LogP contribution in [0.2, 0.25) is 10.0 Å². The molecule has 0 unspecified atom stereocenters. The second kappa shape index (κ2) is 6.41. The third-order valence-electron chi connectivity index (χ3n) is 3.77. The van der Waals surface area contributed by atoms with Gasteiger partial charge >= 0.3 is 0 Å². The van der Waals surface area contributed by atoms with Crippen molar-refractivity contribution < 1.29 is 8.42 Å². The summed E-state index contributed by atoms with van der Waals surface area (Å²) >= 11 is 17.8. The minimum atomic E-state index is -3.67. The molecule has 20 heavy (non-hydrogen) atoms. The van der Waals surface area contributed by atoms with Gasteiger partial charge in [0.25, 0.3) is 0 Å². The van der Waals surface area contributed by atoms with E-state index >= 15 is 0 Å². The summed E-state index contributed by atoms with van der Waals surface area (Å²) in [4.78, 5) is 0.00869. The van der Waals surface area contributed by atoms with Gasteiger partial charge in [0.2, 0.25) is 10.0 Å². The van der Waals surface area contributed by atoms with Crippen molar-refractivity contribution >= 4 is 44.8 Å². The maximum Gasteiger partial charge on any atom is 0.242 e. The molecule has 112 valence electrons. The molecular weight excluding hydrogens is 341 g/mol. The van der Waals surface area contributed by atoms with Gasteiger partial charge < -0.3 is 0 Å². The Morgan fingerprint density at radius 2 is 1.85 bits per heavy atom. The number of nitrogens with one attached hydrogen (secondary N) is 1. The summed E-state index contributed by atoms with van der Waals surface area (Å²) in [6.07, 6.45) is 4.07. The standard InChI is InChI=1S/C13H16Cl3NO2S/c14-8-13(5-1-2-6-13)9-17-20(18,19)12-7-10(15)3-4-11(12)16/h3-4,7,17H,1-2,5-6,8-9H2. The Kier molecular flexibility index (Phi) is 5.24. The Labute approximate surface area is 134 Å². The molecule has 0 aromatic heterocycles. The quantitative estimate of drug-likeness (QED) is 0.808. The Morgan fingerprint density at radius 3 is 2.45 bits per heavy atom. The molecule has 1 aliphatic carbocycles. The zero-order chi connectivity index (χ0) is 14.8. The third kappa shape index (κ3) is 3.60. The lowest BCUT2D eigenvalue weighted by atomic mass is 9.89. The van der Waals surface area contributed by atoms with Crippen molar-refractivity contribution in [3.8, 4) is 0 Å². The Balaban J connectivity index is 2.17. The topological polar surface area (TPSA) is 46.2 Å². The molecule has 1 aromatic rings. The molecule has 1 aromatic carbocycles. The average molecular weight is 357 g/mol. The fraction of sp³-hybridized carbons (Fsp3) is 0.538. The van der Waals surface area contributed by atoms with Crippen LogP contribution in [0.15, 0.2) is 23.1 Å². The van der Waals surface area contributed by atoms with Crippen molar-refractivity contribution in [3.05, 3.63) is 28.2 Å². The molecular formula is C13H16Cl3NO2S. The van der Waals surface area contributed by atoms with Gasteiger partial charge in [0.1, 0.15) is 4.90 Å². The smallest absolute Gasteiger partial charge is 0.211 e. The largest absolute Gasteiger partial charge is 0.242 e. The van der Waals surface area contributed by atoms with Crippen LogP contribution >= 0.6 is 34.8 Å². The molecule has 0 heterocycles. The number of hydrogen-bond acceptors (Lipinski definition) is 2. The summed E-state index contributed by atoms with van der Waals surface area (Å²) in [6, 6.07) is 4.39. The molecule has 1 N–H and O–H groups in total. The fourth-order valence-electron chi connectivity index (χ4n) is 2.49. The molecule has 0 bridgehead atoms. The molecule has 0 aliphatic heterocycles. The highest BCUT2D eigenvalue weighted by atomic mass is 35.5. The summed E-state index contributed by atoms with van der Waals surface area (Å²) in [5.41, 5.74) is -0.139. The van der Waals surface area contributed by atoms with E-state index in [1.54, 1.807) is 6.07 Å². The SMILES string of the molecule is O=S(=O)(NCC1(CCl)CCCC1)c1cc(Cl)ccc1Cl. The Hall–Kier alpha value is -0.000000000000000167. The van der Waals surface area contributed by atoms with Crippen molar-refractivity contribution in [1.82, 2.24) is 4.72 Å². The van der Waals surface area contributed by atoms with Crippen LogP contribution in [0.25, 0.3) is 0 Å². The molecule has 0 saturated heterocycles. The van der Waals surface area contributed by atoms with Crippen LogP contribution in [0.4, 0.5) is 0 Å². The molecule has 7 heteroatoms. The highest BCUT2D eigenvalue weighted by Gasteiger charge is 2.34. The zero-order valence-electron chi connectivity index (χ0n) is 10.8. The maximum atomic E-state index is 12.3. The Bertz CT molecular complexity index is 583. The van der Waals surface area contributed by atoms with E-state index in [1.807, 2.05) is 0 Å². The number of hydrogen-bond donors (Lipinski definition) is 1. The van der Waals surface area contributed by atoms with Crippen LogP contribution in [0.5, 0.6) is 0 Å². The molecule has 3 nitrogen and oxygen atoms in total. The number of halogens is 3. The van der Waals surface area contributed by atoms with Crippen LogP contribution in [0.3, 0.4) is 0 Å². The van der Waals surface area contributed by atoms with E-state index in [1.165, 1.54) is 12.1 Å². The number of alkyl halides is 1. The first-order chi connectivity index (χ1) is 9.38. The lowest BCUT2D eigenvalue weighted by molar-refractivity contribution is 0.342. The number of benzene rings is 1. The summed E-state index contributed by atoms with van der Waals surface area (Å²) < 4.78 is 27.3. The van der Waals surface area contributed by atoms with E-state index in [2.05, 4.69) is 4.72 Å². The highest BCUT2D eigenvalue weighted by molar-refractivity contribution is 7.89. The van der Waals surface area contributed by atoms with Crippen LogP contribution in [-0.4, -0.2) is 20.8 Å². The lowest BCUT2D eigenvalue weighted by Crippen LogP contribution is -2.37. The molecule has 0 atom stereocenters. The number of rotatable bonds is 5. The second-order valence-corrected chi connectivity index (χ2v) is 8.09. The first-order valence-corrected chi connectivity index (χ1v) is 9.17. The first-order valence-electron chi connectivity index (χ1n) is 6.39. The van der Waals surface area contributed by atoms with Crippen LogP contribution < -0.4 is 4.72 Å². The van der Waals surface area contributed by atoms with E-state index < -0.39 is 10.0 Å². The van der Waals surface area contributed by atoms with E-state index in [0.29, 0.717) is 17.4 Å². The van der Waals surface area contributed by atoms with Crippen LogP contribution in [-0.2, 0) is 10.0 Å². The molecule has 2 rings (SSSR count). The van der Waals surface area contributed by atoms with Crippen molar-refractivity contribution in [2.24, 2.45) is 5.41 Å². The predicted molar refractivity (Wildman–Crippen MR) is 83.3 cm³/mol. The molecule has 0 radical (unpaired) electrons. The van der Waals surface area contributed by atoms with Gasteiger partial charge in [-0.15, -0.1) is 11.6 Å². The van der Waals surface area contributed by atoms with Gasteiger partial charge in [-0.1, -0.05) is 36.0 Å². The molecule has 1 fully saturated rings. The van der Waals surface area contributed by atoms with Crippen molar-refractivity contribution in [1.29, 1.82) is 0 Å². The summed E-state index contributed by atoms with van der Waals surface area (Å²) in [6.45, 7) is 0.335. The van der Waals surface area contributed by atoms with Crippen molar-refractivity contribution in [2.75, 3.05) is 12.4 Å². The maximum absolute atomic E-state index is 12.3. The predicted octanol–water partition coefficient (Wildman–Crippen LogP) is 4.07. The summed E-state index contributed by atoms with van der Waals surface area (Å²) in [5.74, 6) is 0.457. The van der Waals surface area contributed by atoms with Gasteiger partial charge in [0.05, 0.1) is 5.02 Å². The van der Waals surface area contributed by atoms with E-state index in [4.69, 9.17) is 34.8 Å². The molecule has 0 spiro atoms. The van der Waals surface area contributed by atoms with Crippen LogP contribution in [0, 0.1) is 5.41 Å². The van der Waals surface area contributed by atoms with Crippen molar-refractivity contribution in [2.45, 2.75) is 30.6 Å². The van der Waals surface area contributed by atoms with Gasteiger partial charge in [0.15, 0.2) is 0 Å². The molecule has 1 aliphatic rings. The highest BCUT2D eigenvalue weighted by Crippen LogP contribution is 2.39. The number of sulfonamides is 1. The van der Waals surface area contributed by atoms with Crippen molar-refractivity contribution in [3.63, 3.8) is 0 Å². The van der Waals surface area contributed by atoms with Gasteiger partial charge in [-0.05, 0) is 36.5 Å². The second-order valence-electron chi connectivity index (χ2n) is 5.24. The van der Waals surface area contributed by atoms with E-state index in [9.17, 15) is 8.42 Å². The zero-order valence-corrected chi connectivity index (χ0v) is 13.9. The van der Waals surface area contributed by atoms with Crippen LogP contribution in [0.1, 0.15) is 25.7 Å². The van der Waals surface area contributed by atoms with Gasteiger partial charge in [-0.25, -0.2) is 13.1 Å². The van der Waals surface area contributed by atoms with Gasteiger partial charge in [0, 0.05) is 17.4 Å². The third-order valence-corrected chi connectivity index (χ3v) is 6.45. The minimum Gasteiger partial charge on any atom is -0.211 e. The molecule has 1 saturated carbocycles. The average Bonchev–Trinajstić information content (AvgIpc) is 2.89. The summed E-state index contributed by atoms with van der Waals surface area (Å²) in [7, 11) is -3.67. The van der Waals surface area contributed by atoms with E-state index in [0.717, 1.165) is 25.7 Å². The Morgan fingerprint density at radius 1 is 1.20 bits per heavy atom. The first kappa shape index (κ1) is 16.4. The summed E-state index contributed by atoms with van der Waals surface area (Å²) in [5, 5.41) is 0.496. The molecule has 0 amide bonds. The minimum absolute atomic E-state index is 0.00869.